The maximum Gasteiger partial charge on any atom is 0.338 e. The van der Waals surface area contributed by atoms with Gasteiger partial charge in [-0.1, -0.05) is 96.2 Å². The Hall–Kier alpha value is -6.06. The van der Waals surface area contributed by atoms with Gasteiger partial charge in [0.15, 0.2) is 12.2 Å². The highest BCUT2D eigenvalue weighted by Crippen LogP contribution is 2.22. The summed E-state index contributed by atoms with van der Waals surface area (Å²) in [6, 6.07) is 37.7. The summed E-state index contributed by atoms with van der Waals surface area (Å²) in [4.78, 5) is 44.8. The summed E-state index contributed by atoms with van der Waals surface area (Å²) >= 11 is 0. The maximum atomic E-state index is 13.5. The molecule has 0 bridgehead atoms. The van der Waals surface area contributed by atoms with Gasteiger partial charge in [-0.2, -0.15) is 0 Å². The number of hydrogen-bond donors (Lipinski definition) is 1. The van der Waals surface area contributed by atoms with Crippen LogP contribution in [0.1, 0.15) is 31.1 Å². The van der Waals surface area contributed by atoms with E-state index >= 15 is 0 Å². The fourth-order valence-corrected chi connectivity index (χ4v) is 5.34. The third kappa shape index (κ3) is 7.32. The molecule has 0 radical (unpaired) electrons. The summed E-state index contributed by atoms with van der Waals surface area (Å²) in [6.07, 6.45) is -3.54. The smallest absolute Gasteiger partial charge is 0.338 e. The molecule has 0 amide bonds. The van der Waals surface area contributed by atoms with E-state index in [0.29, 0.717) is 0 Å². The summed E-state index contributed by atoms with van der Waals surface area (Å²) < 4.78 is 17.0. The number of esters is 3. The van der Waals surface area contributed by atoms with Crippen LogP contribution in [0.3, 0.4) is 0 Å². The first kappa shape index (κ1) is 31.9. The number of ether oxygens (including phenoxy) is 3. The lowest BCUT2D eigenvalue weighted by atomic mass is 10.1. The van der Waals surface area contributed by atoms with Crippen molar-refractivity contribution >= 4 is 56.4 Å². The zero-order chi connectivity index (χ0) is 33.5. The summed E-state index contributed by atoms with van der Waals surface area (Å²) in [6.45, 7) is -0.591. The number of fused-ring (bicyclic) bond motifs is 3. The van der Waals surface area contributed by atoms with Crippen LogP contribution in [0.25, 0.3) is 32.3 Å². The molecule has 6 rings (SSSR count). The minimum atomic E-state index is -1.64. The molecule has 0 unspecified atom stereocenters. The highest BCUT2D eigenvalue weighted by molar-refractivity contribution is 5.98. The molecule has 0 spiro atoms. The third-order valence-corrected chi connectivity index (χ3v) is 7.84. The van der Waals surface area contributed by atoms with E-state index in [-0.39, 0.29) is 16.7 Å². The molecule has 3 atom stereocenters. The number of oxime groups is 1. The van der Waals surface area contributed by atoms with Crippen molar-refractivity contribution < 1.29 is 38.5 Å². The number of benzene rings is 6. The first-order valence-electron chi connectivity index (χ1n) is 15.2. The van der Waals surface area contributed by atoms with E-state index < -0.39 is 42.8 Å². The molecule has 9 heteroatoms. The molecule has 0 saturated carbocycles. The minimum Gasteiger partial charge on any atom is -0.459 e. The van der Waals surface area contributed by atoms with Crippen LogP contribution in [0.4, 0.5) is 0 Å². The van der Waals surface area contributed by atoms with E-state index in [1.807, 2.05) is 72.8 Å². The summed E-state index contributed by atoms with van der Waals surface area (Å²) in [5.41, 5.74) is 0.689. The lowest BCUT2D eigenvalue weighted by Crippen LogP contribution is -2.46. The van der Waals surface area contributed by atoms with Crippen LogP contribution in [0.2, 0.25) is 0 Å². The predicted molar refractivity (Wildman–Crippen MR) is 182 cm³/mol. The van der Waals surface area contributed by atoms with Crippen molar-refractivity contribution in [1.29, 1.82) is 0 Å². The molecule has 48 heavy (non-hydrogen) atoms. The van der Waals surface area contributed by atoms with Crippen LogP contribution in [0.5, 0.6) is 0 Å². The van der Waals surface area contributed by atoms with Gasteiger partial charge in [0.2, 0.25) is 0 Å². The fraction of sp³-hybridized carbons (Fsp3) is 0.128. The molecule has 0 aliphatic heterocycles. The predicted octanol–water partition coefficient (Wildman–Crippen LogP) is 6.75. The summed E-state index contributed by atoms with van der Waals surface area (Å²) in [5, 5.41) is 20.4. The number of nitrogens with zero attached hydrogens (tertiary/aromatic N) is 1. The van der Waals surface area contributed by atoms with Gasteiger partial charge in [0.25, 0.3) is 0 Å². The quantitative estimate of drug-likeness (QED) is 0.0714. The number of carbonyl (C=O) groups is 3. The molecular weight excluding hydrogens is 610 g/mol. The highest BCUT2D eigenvalue weighted by Gasteiger charge is 2.36. The Morgan fingerprint density at radius 2 is 1.02 bits per heavy atom. The Bertz CT molecular complexity index is 2140. The van der Waals surface area contributed by atoms with E-state index in [1.54, 1.807) is 54.6 Å². The second-order valence-electron chi connectivity index (χ2n) is 11.0. The average molecular weight is 642 g/mol. The average Bonchev–Trinajstić information content (AvgIpc) is 3.13. The Morgan fingerprint density at radius 1 is 0.604 bits per heavy atom. The van der Waals surface area contributed by atoms with Gasteiger partial charge in [-0.25, -0.2) is 14.4 Å². The molecule has 0 aliphatic carbocycles. The topological polar surface area (TPSA) is 121 Å². The van der Waals surface area contributed by atoms with Crippen LogP contribution >= 0.6 is 0 Å². The van der Waals surface area contributed by atoms with Gasteiger partial charge in [0, 0.05) is 0 Å². The lowest BCUT2D eigenvalue weighted by Gasteiger charge is -2.28. The molecule has 6 aromatic carbocycles. The van der Waals surface area contributed by atoms with Crippen molar-refractivity contribution in [3.8, 4) is 0 Å². The zero-order valence-electron chi connectivity index (χ0n) is 25.9. The SMILES string of the molecule is CON=C[C@H](OC(=O)c1ccc2ccccc2c1)[C@@H](OC(=O)c1ccc2ccccc2c1)[C@@H](O)COC(=O)c1ccc2ccccc2c1. The van der Waals surface area contributed by atoms with Crippen molar-refractivity contribution in [3.63, 3.8) is 0 Å². The van der Waals surface area contributed by atoms with Gasteiger partial charge < -0.3 is 24.2 Å². The van der Waals surface area contributed by atoms with Crippen LogP contribution in [0.15, 0.2) is 133 Å². The molecule has 0 saturated heterocycles. The Balaban J connectivity index is 1.27. The number of carbonyl (C=O) groups excluding carboxylic acids is 3. The Labute approximate surface area is 275 Å². The Kier molecular flexibility index (Phi) is 9.69. The van der Waals surface area contributed by atoms with Crippen molar-refractivity contribution in [1.82, 2.24) is 0 Å². The molecule has 1 N–H and O–H groups in total. The van der Waals surface area contributed by atoms with Gasteiger partial charge in [0.1, 0.15) is 19.8 Å². The summed E-state index contributed by atoms with van der Waals surface area (Å²) in [7, 11) is 1.29. The van der Waals surface area contributed by atoms with Gasteiger partial charge in [0.05, 0.1) is 22.9 Å². The monoisotopic (exact) mass is 641 g/mol. The summed E-state index contributed by atoms with van der Waals surface area (Å²) in [5.74, 6) is -2.27. The van der Waals surface area contributed by atoms with E-state index in [0.717, 1.165) is 38.5 Å². The van der Waals surface area contributed by atoms with Gasteiger partial charge in [-0.3, -0.25) is 0 Å². The van der Waals surface area contributed by atoms with Crippen molar-refractivity contribution in [2.24, 2.45) is 5.16 Å². The Morgan fingerprint density at radius 3 is 1.48 bits per heavy atom. The number of aliphatic hydroxyl groups is 1. The highest BCUT2D eigenvalue weighted by atomic mass is 16.6. The maximum absolute atomic E-state index is 13.5. The van der Waals surface area contributed by atoms with Crippen LogP contribution in [-0.4, -0.2) is 61.3 Å². The third-order valence-electron chi connectivity index (χ3n) is 7.84. The van der Waals surface area contributed by atoms with E-state index in [9.17, 15) is 19.5 Å². The number of rotatable bonds is 11. The van der Waals surface area contributed by atoms with Crippen molar-refractivity contribution in [2.45, 2.75) is 18.3 Å². The van der Waals surface area contributed by atoms with Gasteiger partial charge in [-0.05, 0) is 68.7 Å². The second-order valence-corrected chi connectivity index (χ2v) is 11.0. The molecule has 9 nitrogen and oxygen atoms in total. The molecule has 0 aromatic heterocycles. The van der Waals surface area contributed by atoms with E-state index in [2.05, 4.69) is 5.16 Å². The first-order valence-corrected chi connectivity index (χ1v) is 15.2. The molecule has 0 fully saturated rings. The first-order chi connectivity index (χ1) is 23.4. The molecule has 6 aromatic rings. The van der Waals surface area contributed by atoms with Crippen LogP contribution in [-0.2, 0) is 19.0 Å². The number of hydrogen-bond acceptors (Lipinski definition) is 9. The second kappa shape index (κ2) is 14.6. The minimum absolute atomic E-state index is 0.197. The van der Waals surface area contributed by atoms with Gasteiger partial charge >= 0.3 is 17.9 Å². The molecular formula is C39H31NO8. The fourth-order valence-electron chi connectivity index (χ4n) is 5.34. The molecule has 240 valence electrons. The van der Waals surface area contributed by atoms with Crippen LogP contribution in [0, 0.1) is 0 Å². The van der Waals surface area contributed by atoms with Crippen molar-refractivity contribution in [3.05, 3.63) is 144 Å². The standard InChI is InChI=1S/C39H31NO8/c1-45-40-23-35(47-38(43)32-18-15-26-9-3-6-12-29(26)21-32)36(48-39(44)33-19-16-27-10-4-7-13-30(27)22-33)34(41)24-46-37(42)31-17-14-25-8-2-5-11-28(25)20-31/h2-23,34-36,41H,24H2,1H3/t34-,35-,36-/m0/s1. The number of aliphatic hydroxyl groups excluding tert-OH is 1. The largest absolute Gasteiger partial charge is 0.459 e. The van der Waals surface area contributed by atoms with Gasteiger partial charge in [-0.15, -0.1) is 0 Å². The molecule has 0 heterocycles. The lowest BCUT2D eigenvalue weighted by molar-refractivity contribution is -0.0784. The van der Waals surface area contributed by atoms with E-state index in [1.165, 1.54) is 7.11 Å². The van der Waals surface area contributed by atoms with E-state index in [4.69, 9.17) is 19.0 Å². The van der Waals surface area contributed by atoms with Crippen molar-refractivity contribution in [2.75, 3.05) is 13.7 Å². The zero-order valence-corrected chi connectivity index (χ0v) is 25.9. The van der Waals surface area contributed by atoms with Crippen LogP contribution < -0.4 is 0 Å². The molecule has 0 aliphatic rings. The normalized spacial score (nSPS) is 13.2.